The molecule has 1 aromatic carbocycles. The SMILES string of the molecule is C#CCOCC#CCC1(C(=O)OC)C=CC(C)C(c2ccccc2Br)N1C(=O)C(F)(F)F. The highest BCUT2D eigenvalue weighted by Gasteiger charge is 2.58. The lowest BCUT2D eigenvalue weighted by atomic mass is 9.79. The van der Waals surface area contributed by atoms with E-state index >= 15 is 0 Å². The highest BCUT2D eigenvalue weighted by molar-refractivity contribution is 9.10. The van der Waals surface area contributed by atoms with Crippen molar-refractivity contribution in [3.8, 4) is 24.2 Å². The molecule has 0 bridgehead atoms. The number of carbonyl (C=O) groups is 2. The minimum absolute atomic E-state index is 0.0109. The van der Waals surface area contributed by atoms with Crippen LogP contribution in [0, 0.1) is 30.1 Å². The monoisotopic (exact) mass is 511 g/mol. The van der Waals surface area contributed by atoms with Gasteiger partial charge >= 0.3 is 18.1 Å². The number of ether oxygens (including phenoxy) is 2. The summed E-state index contributed by atoms with van der Waals surface area (Å²) >= 11 is 3.35. The molecule has 0 aliphatic carbocycles. The van der Waals surface area contributed by atoms with Gasteiger partial charge in [0.05, 0.1) is 13.2 Å². The van der Waals surface area contributed by atoms with Crippen LogP contribution < -0.4 is 0 Å². The van der Waals surface area contributed by atoms with Crippen LogP contribution in [-0.4, -0.2) is 48.8 Å². The fourth-order valence-electron chi connectivity index (χ4n) is 3.53. The minimum atomic E-state index is -5.23. The molecule has 2 rings (SSSR count). The number of hydrogen-bond donors (Lipinski definition) is 0. The minimum Gasteiger partial charge on any atom is -0.467 e. The largest absolute Gasteiger partial charge is 0.471 e. The van der Waals surface area contributed by atoms with Gasteiger partial charge in [0.25, 0.3) is 0 Å². The molecule has 170 valence electrons. The lowest BCUT2D eigenvalue weighted by Gasteiger charge is -2.48. The molecule has 1 heterocycles. The van der Waals surface area contributed by atoms with Gasteiger partial charge in [-0.3, -0.25) is 4.79 Å². The number of nitrogens with zero attached hydrogens (tertiary/aromatic N) is 1. The third-order valence-corrected chi connectivity index (χ3v) is 5.67. The number of alkyl halides is 3. The van der Waals surface area contributed by atoms with Gasteiger partial charge in [-0.15, -0.1) is 6.42 Å². The van der Waals surface area contributed by atoms with Gasteiger partial charge in [-0.25, -0.2) is 4.79 Å². The van der Waals surface area contributed by atoms with Gasteiger partial charge in [-0.1, -0.05) is 71.0 Å². The summed E-state index contributed by atoms with van der Waals surface area (Å²) in [6.07, 6.45) is 2.28. The fourth-order valence-corrected chi connectivity index (χ4v) is 4.05. The van der Waals surface area contributed by atoms with Crippen LogP contribution in [0.3, 0.4) is 0 Å². The first-order valence-corrected chi connectivity index (χ1v) is 10.3. The Morgan fingerprint density at radius 2 is 1.94 bits per heavy atom. The quantitative estimate of drug-likeness (QED) is 0.259. The molecule has 0 aromatic heterocycles. The van der Waals surface area contributed by atoms with Crippen LogP contribution in [0.4, 0.5) is 13.2 Å². The molecule has 1 aliphatic heterocycles. The highest BCUT2D eigenvalue weighted by Crippen LogP contribution is 2.45. The summed E-state index contributed by atoms with van der Waals surface area (Å²) < 4.78 is 51.6. The van der Waals surface area contributed by atoms with Gasteiger partial charge in [0.1, 0.15) is 13.2 Å². The summed E-state index contributed by atoms with van der Waals surface area (Å²) in [4.78, 5) is 26.2. The van der Waals surface area contributed by atoms with E-state index < -0.39 is 42.0 Å². The number of carbonyl (C=O) groups excluding carboxylic acids is 2. The van der Waals surface area contributed by atoms with Gasteiger partial charge in [-0.05, 0) is 17.5 Å². The average Bonchev–Trinajstić information content (AvgIpc) is 2.75. The number of esters is 1. The summed E-state index contributed by atoms with van der Waals surface area (Å²) in [5.74, 6) is 3.77. The van der Waals surface area contributed by atoms with Gasteiger partial charge in [-0.2, -0.15) is 13.2 Å². The Morgan fingerprint density at radius 3 is 2.53 bits per heavy atom. The van der Waals surface area contributed by atoms with Crippen molar-refractivity contribution < 1.29 is 32.2 Å². The van der Waals surface area contributed by atoms with E-state index in [1.165, 1.54) is 6.08 Å². The van der Waals surface area contributed by atoms with Crippen LogP contribution >= 0.6 is 15.9 Å². The predicted octanol–water partition coefficient (Wildman–Crippen LogP) is 4.04. The van der Waals surface area contributed by atoms with E-state index in [0.29, 0.717) is 14.9 Å². The van der Waals surface area contributed by atoms with Crippen molar-refractivity contribution in [3.05, 3.63) is 46.5 Å². The summed E-state index contributed by atoms with van der Waals surface area (Å²) in [6, 6.07) is 5.48. The zero-order valence-electron chi connectivity index (χ0n) is 17.4. The summed E-state index contributed by atoms with van der Waals surface area (Å²) in [6.45, 7) is 1.59. The van der Waals surface area contributed by atoms with Crippen molar-refractivity contribution in [1.82, 2.24) is 4.90 Å². The van der Waals surface area contributed by atoms with Crippen molar-refractivity contribution >= 4 is 27.8 Å². The molecule has 32 heavy (non-hydrogen) atoms. The summed E-state index contributed by atoms with van der Waals surface area (Å²) in [7, 11) is 1.04. The number of amides is 1. The van der Waals surface area contributed by atoms with Crippen molar-refractivity contribution in [2.24, 2.45) is 5.92 Å². The van der Waals surface area contributed by atoms with E-state index in [9.17, 15) is 22.8 Å². The van der Waals surface area contributed by atoms with Crippen molar-refractivity contribution in [2.75, 3.05) is 20.3 Å². The highest BCUT2D eigenvalue weighted by atomic mass is 79.9. The molecule has 1 amide bonds. The van der Waals surface area contributed by atoms with Crippen molar-refractivity contribution in [2.45, 2.75) is 31.1 Å². The van der Waals surface area contributed by atoms with E-state index in [0.717, 1.165) is 7.11 Å². The van der Waals surface area contributed by atoms with Crippen molar-refractivity contribution in [1.29, 1.82) is 0 Å². The number of halogens is 4. The number of terminal acetylenes is 1. The van der Waals surface area contributed by atoms with Crippen LogP contribution in [0.25, 0.3) is 0 Å². The number of methoxy groups -OCH3 is 1. The molecule has 1 aromatic rings. The zero-order valence-corrected chi connectivity index (χ0v) is 19.0. The molecule has 0 spiro atoms. The third kappa shape index (κ3) is 5.35. The van der Waals surface area contributed by atoms with Gasteiger partial charge < -0.3 is 14.4 Å². The maximum Gasteiger partial charge on any atom is 0.471 e. The fraction of sp³-hybridized carbons (Fsp3) is 0.391. The Morgan fingerprint density at radius 1 is 1.25 bits per heavy atom. The normalized spacial score (nSPS) is 22.5. The molecule has 3 atom stereocenters. The lowest BCUT2D eigenvalue weighted by molar-refractivity contribution is -0.199. The van der Waals surface area contributed by atoms with E-state index in [1.807, 2.05) is 0 Å². The molecule has 5 nitrogen and oxygen atoms in total. The van der Waals surface area contributed by atoms with E-state index in [2.05, 4.69) is 33.7 Å². The summed E-state index contributed by atoms with van der Waals surface area (Å²) in [5, 5.41) is 0. The molecule has 0 fully saturated rings. The predicted molar refractivity (Wildman–Crippen MR) is 115 cm³/mol. The smallest absolute Gasteiger partial charge is 0.467 e. The zero-order chi connectivity index (χ0) is 23.9. The molecule has 9 heteroatoms. The second-order valence-corrected chi connectivity index (χ2v) is 7.85. The van der Waals surface area contributed by atoms with Crippen LogP contribution in [0.15, 0.2) is 40.9 Å². The Kier molecular flexibility index (Phi) is 8.54. The molecule has 1 aliphatic rings. The number of hydrogen-bond acceptors (Lipinski definition) is 4. The topological polar surface area (TPSA) is 55.8 Å². The molecular weight excluding hydrogens is 491 g/mol. The molecule has 0 N–H and O–H groups in total. The van der Waals surface area contributed by atoms with Gasteiger partial charge in [0, 0.05) is 10.9 Å². The van der Waals surface area contributed by atoms with E-state index in [4.69, 9.17) is 15.9 Å². The lowest BCUT2D eigenvalue weighted by Crippen LogP contribution is -2.62. The maximum atomic E-state index is 13.7. The Hall–Kier alpha value is -2.75. The molecule has 0 saturated heterocycles. The van der Waals surface area contributed by atoms with Crippen LogP contribution in [0.2, 0.25) is 0 Å². The molecular formula is C23H21BrF3NO4. The Labute approximate surface area is 193 Å². The maximum absolute atomic E-state index is 13.7. The van der Waals surface area contributed by atoms with E-state index in [1.54, 1.807) is 37.3 Å². The Bertz CT molecular complexity index is 989. The van der Waals surface area contributed by atoms with Crippen molar-refractivity contribution in [3.63, 3.8) is 0 Å². The van der Waals surface area contributed by atoms with Crippen LogP contribution in [0.5, 0.6) is 0 Å². The Balaban J connectivity index is 2.66. The molecule has 0 radical (unpaired) electrons. The van der Waals surface area contributed by atoms with E-state index in [-0.39, 0.29) is 13.2 Å². The second kappa shape index (κ2) is 10.7. The van der Waals surface area contributed by atoms with Crippen LogP contribution in [-0.2, 0) is 19.1 Å². The third-order valence-electron chi connectivity index (χ3n) is 4.95. The average molecular weight is 512 g/mol. The molecule has 0 saturated carbocycles. The molecule has 3 unspecified atom stereocenters. The second-order valence-electron chi connectivity index (χ2n) is 7.00. The number of rotatable bonds is 5. The number of benzene rings is 1. The first-order valence-electron chi connectivity index (χ1n) is 9.49. The first kappa shape index (κ1) is 25.5. The van der Waals surface area contributed by atoms with Crippen LogP contribution in [0.1, 0.15) is 24.9 Å². The summed E-state index contributed by atoms with van der Waals surface area (Å²) in [5.41, 5.74) is -1.67. The van der Waals surface area contributed by atoms with Gasteiger partial charge in [0.15, 0.2) is 5.54 Å². The standard InChI is InChI=1S/C23H21BrF3NO4/c1-4-14-32-15-8-7-12-22(21(30)31-3)13-11-16(2)19(17-9-5-6-10-18(17)24)28(22)20(29)23(25,26)27/h1,5-6,9-11,13,16,19H,12,14-15H2,2-3H3. The first-order chi connectivity index (χ1) is 15.1. The van der Waals surface area contributed by atoms with Gasteiger partial charge in [0.2, 0.25) is 0 Å².